The normalized spacial score (nSPS) is 16.4. The maximum absolute atomic E-state index is 14.0. The first-order valence-electron chi connectivity index (χ1n) is 10.6. The van der Waals surface area contributed by atoms with Crippen molar-refractivity contribution in [2.45, 2.75) is 31.2 Å². The van der Waals surface area contributed by atoms with Crippen LogP contribution in [0, 0.1) is 12.7 Å². The predicted octanol–water partition coefficient (Wildman–Crippen LogP) is 4.44. The minimum Gasteiger partial charge on any atom is -0.284 e. The third-order valence-corrected chi connectivity index (χ3v) is 8.74. The molecule has 1 N–H and O–H groups in total. The summed E-state index contributed by atoms with van der Waals surface area (Å²) < 4.78 is 68.3. The van der Waals surface area contributed by atoms with Crippen molar-refractivity contribution in [1.29, 1.82) is 0 Å². The van der Waals surface area contributed by atoms with Crippen LogP contribution in [-0.4, -0.2) is 32.7 Å². The highest BCUT2D eigenvalue weighted by Crippen LogP contribution is 2.38. The number of rotatable bonds is 7. The molecule has 0 bridgehead atoms. The van der Waals surface area contributed by atoms with Gasteiger partial charge in [0.25, 0.3) is 10.0 Å². The monoisotopic (exact) mass is 501 g/mol. The summed E-state index contributed by atoms with van der Waals surface area (Å²) in [5.74, 6) is -0.519. The first kappa shape index (κ1) is 23.9. The molecule has 1 heterocycles. The van der Waals surface area contributed by atoms with Gasteiger partial charge in [0.2, 0.25) is 10.0 Å². The molecule has 7 nitrogen and oxygen atoms in total. The van der Waals surface area contributed by atoms with Gasteiger partial charge in [0.05, 0.1) is 22.4 Å². The van der Waals surface area contributed by atoms with Crippen molar-refractivity contribution in [2.75, 3.05) is 10.5 Å². The zero-order chi connectivity index (χ0) is 24.5. The number of anilines is 1. The number of hydrogen-bond acceptors (Lipinski definition) is 5. The molecule has 178 valence electrons. The summed E-state index contributed by atoms with van der Waals surface area (Å²) in [6.07, 6.45) is 0.231. The molecule has 0 saturated carbocycles. The van der Waals surface area contributed by atoms with E-state index in [0.717, 1.165) is 4.41 Å². The molecule has 1 aliphatic rings. The van der Waals surface area contributed by atoms with Crippen molar-refractivity contribution < 1.29 is 21.2 Å². The number of aryl methyl sites for hydroxylation is 1. The topological polar surface area (TPSA) is 95.9 Å². The van der Waals surface area contributed by atoms with E-state index in [0.29, 0.717) is 28.1 Å². The van der Waals surface area contributed by atoms with Crippen LogP contribution in [0.15, 0.2) is 82.8 Å². The van der Waals surface area contributed by atoms with Gasteiger partial charge in [-0.05, 0) is 60.9 Å². The van der Waals surface area contributed by atoms with Crippen molar-refractivity contribution in [2.24, 2.45) is 5.10 Å². The second kappa shape index (κ2) is 9.19. The fourth-order valence-electron chi connectivity index (χ4n) is 3.78. The number of hydrogen-bond donors (Lipinski definition) is 1. The van der Waals surface area contributed by atoms with Gasteiger partial charge in [0.1, 0.15) is 5.82 Å². The molecule has 0 saturated heterocycles. The maximum Gasteiger partial charge on any atom is 0.279 e. The SMILES string of the molecule is CCS(=O)(=O)Nc1ccc(C2=NN(S(=O)(=O)c3ccccc3C)[C@H](c3cccc(F)c3)C2)cc1. The van der Waals surface area contributed by atoms with Crippen LogP contribution >= 0.6 is 0 Å². The van der Waals surface area contributed by atoms with Crippen molar-refractivity contribution in [3.8, 4) is 0 Å². The molecule has 0 amide bonds. The maximum atomic E-state index is 14.0. The van der Waals surface area contributed by atoms with E-state index < -0.39 is 31.9 Å². The van der Waals surface area contributed by atoms with Crippen molar-refractivity contribution in [3.05, 3.63) is 95.3 Å². The summed E-state index contributed by atoms with van der Waals surface area (Å²) in [7, 11) is -7.44. The Hall–Kier alpha value is -3.24. The Labute approximate surface area is 199 Å². The summed E-state index contributed by atoms with van der Waals surface area (Å²) in [6, 6.07) is 18.3. The van der Waals surface area contributed by atoms with E-state index in [1.54, 1.807) is 62.4 Å². The fourth-order valence-corrected chi connectivity index (χ4v) is 6.08. The Morgan fingerprint density at radius 2 is 1.71 bits per heavy atom. The molecule has 0 aromatic heterocycles. The quantitative estimate of drug-likeness (QED) is 0.518. The van der Waals surface area contributed by atoms with E-state index >= 15 is 0 Å². The van der Waals surface area contributed by atoms with Crippen LogP contribution in [0.2, 0.25) is 0 Å². The summed E-state index contributed by atoms with van der Waals surface area (Å²) >= 11 is 0. The minimum absolute atomic E-state index is 0.0531. The van der Waals surface area contributed by atoms with E-state index in [4.69, 9.17) is 0 Å². The largest absolute Gasteiger partial charge is 0.284 e. The van der Waals surface area contributed by atoms with E-state index in [2.05, 4.69) is 9.82 Å². The third kappa shape index (κ3) is 4.83. The molecule has 0 unspecified atom stereocenters. The lowest BCUT2D eigenvalue weighted by atomic mass is 9.99. The number of sulfonamides is 2. The average molecular weight is 502 g/mol. The number of benzene rings is 3. The number of nitrogens with zero attached hydrogens (tertiary/aromatic N) is 2. The van der Waals surface area contributed by atoms with Gasteiger partial charge < -0.3 is 0 Å². The molecular formula is C24H24FN3O4S2. The molecule has 3 aromatic rings. The second-order valence-corrected chi connectivity index (χ2v) is 11.7. The Balaban J connectivity index is 1.74. The average Bonchev–Trinajstić information content (AvgIpc) is 3.26. The lowest BCUT2D eigenvalue weighted by Gasteiger charge is -2.24. The van der Waals surface area contributed by atoms with Gasteiger partial charge in [-0.2, -0.15) is 17.9 Å². The van der Waals surface area contributed by atoms with Gasteiger partial charge in [-0.15, -0.1) is 0 Å². The number of halogens is 1. The summed E-state index contributed by atoms with van der Waals surface area (Å²) in [5, 5.41) is 4.46. The lowest BCUT2D eigenvalue weighted by Crippen LogP contribution is -2.28. The van der Waals surface area contributed by atoms with Crippen LogP contribution in [-0.2, 0) is 20.0 Å². The molecule has 1 atom stereocenters. The molecule has 0 fully saturated rings. The van der Waals surface area contributed by atoms with Crippen LogP contribution in [0.1, 0.15) is 36.1 Å². The van der Waals surface area contributed by atoms with Gasteiger partial charge in [-0.3, -0.25) is 4.72 Å². The standard InChI is InChI=1S/C24H24FN3O4S2/c1-3-33(29,30)27-21-13-11-18(12-14-21)22-16-23(19-8-6-9-20(25)15-19)28(26-22)34(31,32)24-10-5-4-7-17(24)2/h4-15,23,27H,3,16H2,1-2H3/t23-/m0/s1. The molecule has 0 spiro atoms. The lowest BCUT2D eigenvalue weighted by molar-refractivity contribution is 0.370. The molecule has 34 heavy (non-hydrogen) atoms. The van der Waals surface area contributed by atoms with E-state index in [-0.39, 0.29) is 17.1 Å². The predicted molar refractivity (Wildman–Crippen MR) is 130 cm³/mol. The van der Waals surface area contributed by atoms with Gasteiger partial charge in [0, 0.05) is 12.1 Å². The fraction of sp³-hybridized carbons (Fsp3) is 0.208. The Kier molecular flexibility index (Phi) is 6.46. The first-order chi connectivity index (χ1) is 16.1. The van der Waals surface area contributed by atoms with Gasteiger partial charge in [-0.25, -0.2) is 12.8 Å². The number of nitrogens with one attached hydrogen (secondary N) is 1. The summed E-state index contributed by atoms with van der Waals surface area (Å²) in [6.45, 7) is 3.25. The van der Waals surface area contributed by atoms with Crippen molar-refractivity contribution in [1.82, 2.24) is 4.41 Å². The molecular weight excluding hydrogens is 477 g/mol. The van der Waals surface area contributed by atoms with Crippen LogP contribution < -0.4 is 4.72 Å². The van der Waals surface area contributed by atoms with Gasteiger partial charge in [0.15, 0.2) is 0 Å². The highest BCUT2D eigenvalue weighted by atomic mass is 32.2. The zero-order valence-electron chi connectivity index (χ0n) is 18.6. The summed E-state index contributed by atoms with van der Waals surface area (Å²) in [5.41, 5.74) is 2.61. The highest BCUT2D eigenvalue weighted by Gasteiger charge is 2.38. The van der Waals surface area contributed by atoms with Crippen molar-refractivity contribution >= 4 is 31.4 Å². The second-order valence-electron chi connectivity index (χ2n) is 7.95. The molecule has 1 aliphatic heterocycles. The van der Waals surface area contributed by atoms with E-state index in [1.807, 2.05) is 0 Å². The van der Waals surface area contributed by atoms with Crippen LogP contribution in [0.3, 0.4) is 0 Å². The van der Waals surface area contributed by atoms with Crippen LogP contribution in [0.4, 0.5) is 10.1 Å². The Bertz CT molecular complexity index is 1450. The summed E-state index contributed by atoms with van der Waals surface area (Å²) in [4.78, 5) is 0.130. The molecule has 10 heteroatoms. The van der Waals surface area contributed by atoms with E-state index in [1.165, 1.54) is 24.3 Å². The minimum atomic E-state index is -4.02. The van der Waals surface area contributed by atoms with Crippen LogP contribution in [0.5, 0.6) is 0 Å². The zero-order valence-corrected chi connectivity index (χ0v) is 20.3. The highest BCUT2D eigenvalue weighted by molar-refractivity contribution is 7.92. The third-order valence-electron chi connectivity index (χ3n) is 5.60. The van der Waals surface area contributed by atoms with Crippen molar-refractivity contribution in [3.63, 3.8) is 0 Å². The Morgan fingerprint density at radius 1 is 1.00 bits per heavy atom. The molecule has 0 aliphatic carbocycles. The van der Waals surface area contributed by atoms with Crippen LogP contribution in [0.25, 0.3) is 0 Å². The first-order valence-corrected chi connectivity index (χ1v) is 13.7. The molecule has 3 aromatic carbocycles. The molecule has 0 radical (unpaired) electrons. The molecule has 4 rings (SSSR count). The smallest absolute Gasteiger partial charge is 0.279 e. The Morgan fingerprint density at radius 3 is 2.35 bits per heavy atom. The number of hydrazone groups is 1. The van der Waals surface area contributed by atoms with E-state index in [9.17, 15) is 21.2 Å². The van der Waals surface area contributed by atoms with Gasteiger partial charge in [-0.1, -0.05) is 42.5 Å². The van der Waals surface area contributed by atoms with Gasteiger partial charge >= 0.3 is 0 Å².